The van der Waals surface area contributed by atoms with Crippen LogP contribution in [0, 0.1) is 32.1 Å². The number of carbonyl (C=O) groups is 2. The van der Waals surface area contributed by atoms with Crippen molar-refractivity contribution in [2.24, 2.45) is 11.8 Å². The number of ether oxygens (including phenoxy) is 1. The van der Waals surface area contributed by atoms with E-state index in [0.29, 0.717) is 36.7 Å². The van der Waals surface area contributed by atoms with Crippen LogP contribution in [0.15, 0.2) is 36.4 Å². The number of non-ortho nitro benzene ring substituents is 1. The van der Waals surface area contributed by atoms with Gasteiger partial charge in [-0.15, -0.1) is 0 Å². The number of nitrogens with one attached hydrogen (secondary N) is 1. The Hall–Kier alpha value is -4.23. The lowest BCUT2D eigenvalue weighted by Crippen LogP contribution is -2.39. The van der Waals surface area contributed by atoms with Gasteiger partial charge in [-0.2, -0.15) is 13.2 Å². The number of carbonyl (C=O) groups excluding carboxylic acids is 2. The number of rotatable bonds is 7. The fraction of sp³-hybridized carbons (Fsp3) is 0.391. The molecule has 2 aromatic carbocycles. The number of nitrogens with zero attached hydrogens (tertiary/aromatic N) is 3. The van der Waals surface area contributed by atoms with Gasteiger partial charge < -0.3 is 15.0 Å². The summed E-state index contributed by atoms with van der Waals surface area (Å²) in [6.07, 6.45) is -4.02. The van der Waals surface area contributed by atoms with Crippen LogP contribution in [-0.2, 0) is 15.7 Å². The van der Waals surface area contributed by atoms with E-state index in [4.69, 9.17) is 4.74 Å². The van der Waals surface area contributed by atoms with Crippen LogP contribution in [0.2, 0.25) is 0 Å². The van der Waals surface area contributed by atoms with Crippen LogP contribution in [-0.4, -0.2) is 41.4 Å². The van der Waals surface area contributed by atoms with Crippen LogP contribution in [0.25, 0.3) is 0 Å². The molecule has 0 unspecified atom stereocenters. The summed E-state index contributed by atoms with van der Waals surface area (Å²) in [7, 11) is 0. The summed E-state index contributed by atoms with van der Waals surface area (Å²) in [5.74, 6) is -1.60. The maximum Gasteiger partial charge on any atom is 0.418 e. The van der Waals surface area contributed by atoms with Crippen LogP contribution >= 0.6 is 0 Å². The van der Waals surface area contributed by atoms with E-state index in [1.807, 2.05) is 24.1 Å². The minimum absolute atomic E-state index is 0.215. The molecule has 1 saturated heterocycles. The number of hydrogen-bond acceptors (Lipinski definition) is 8. The van der Waals surface area contributed by atoms with Gasteiger partial charge in [0, 0.05) is 31.3 Å². The average Bonchev–Trinajstić information content (AvgIpc) is 2.80. The number of anilines is 2. The molecule has 3 rings (SSSR count). The fourth-order valence-electron chi connectivity index (χ4n) is 4.31. The standard InChI is InChI=1S/C23H23F3N4O7/c1-13-7-14(2)11-28(10-13)19-6-3-15(8-20(19)30(35)36)22(32)37-12-21(31)27-18-5-4-16(29(33)34)9-17(18)23(24,25)26/h3-6,8-9,13-14H,7,10-12H2,1-2H3,(H,27,31)/t13-,14-/m0/s1. The largest absolute Gasteiger partial charge is 0.452 e. The summed E-state index contributed by atoms with van der Waals surface area (Å²) >= 11 is 0. The Balaban J connectivity index is 1.71. The molecule has 198 valence electrons. The van der Waals surface area contributed by atoms with Crippen LogP contribution in [0.4, 0.5) is 35.9 Å². The van der Waals surface area contributed by atoms with E-state index in [2.05, 4.69) is 0 Å². The van der Waals surface area contributed by atoms with Crippen molar-refractivity contribution in [2.75, 3.05) is 29.9 Å². The summed E-state index contributed by atoms with van der Waals surface area (Å²) in [5.41, 5.74) is -3.22. The van der Waals surface area contributed by atoms with Gasteiger partial charge in [0.2, 0.25) is 0 Å². The molecule has 0 spiro atoms. The van der Waals surface area contributed by atoms with E-state index >= 15 is 0 Å². The van der Waals surface area contributed by atoms with Gasteiger partial charge >= 0.3 is 12.1 Å². The monoisotopic (exact) mass is 524 g/mol. The van der Waals surface area contributed by atoms with E-state index in [9.17, 15) is 43.0 Å². The molecular weight excluding hydrogens is 501 g/mol. The first kappa shape index (κ1) is 27.4. The number of benzene rings is 2. The minimum atomic E-state index is -5.00. The van der Waals surface area contributed by atoms with Crippen LogP contribution in [0.5, 0.6) is 0 Å². The van der Waals surface area contributed by atoms with Crippen LogP contribution in [0.1, 0.15) is 36.2 Å². The zero-order chi connectivity index (χ0) is 27.5. The van der Waals surface area contributed by atoms with Crippen molar-refractivity contribution in [3.63, 3.8) is 0 Å². The van der Waals surface area contributed by atoms with Crippen LogP contribution < -0.4 is 10.2 Å². The molecule has 1 fully saturated rings. The summed E-state index contributed by atoms with van der Waals surface area (Å²) in [6.45, 7) is 4.30. The zero-order valence-electron chi connectivity index (χ0n) is 19.8. The Labute approximate surface area is 208 Å². The smallest absolute Gasteiger partial charge is 0.418 e. The molecule has 0 saturated carbocycles. The van der Waals surface area contributed by atoms with Gasteiger partial charge in [0.05, 0.1) is 26.7 Å². The Morgan fingerprint density at radius 2 is 1.70 bits per heavy atom. The van der Waals surface area contributed by atoms with Gasteiger partial charge in [-0.05, 0) is 36.5 Å². The molecule has 2 aromatic rings. The zero-order valence-corrected chi connectivity index (χ0v) is 19.8. The number of halogens is 3. The Morgan fingerprint density at radius 3 is 2.27 bits per heavy atom. The number of esters is 1. The highest BCUT2D eigenvalue weighted by molar-refractivity contribution is 5.96. The molecule has 0 bridgehead atoms. The molecule has 1 aliphatic rings. The van der Waals surface area contributed by atoms with Crippen molar-refractivity contribution in [2.45, 2.75) is 26.4 Å². The highest BCUT2D eigenvalue weighted by Gasteiger charge is 2.36. The molecule has 37 heavy (non-hydrogen) atoms. The first-order chi connectivity index (χ1) is 17.3. The average molecular weight is 524 g/mol. The molecule has 1 amide bonds. The van der Waals surface area contributed by atoms with Gasteiger partial charge in [-0.1, -0.05) is 13.8 Å². The van der Waals surface area contributed by atoms with Crippen molar-refractivity contribution >= 4 is 34.6 Å². The number of hydrogen-bond donors (Lipinski definition) is 1. The topological polar surface area (TPSA) is 145 Å². The highest BCUT2D eigenvalue weighted by atomic mass is 19.4. The first-order valence-electron chi connectivity index (χ1n) is 11.1. The van der Waals surface area contributed by atoms with E-state index in [-0.39, 0.29) is 17.3 Å². The van der Waals surface area contributed by atoms with Crippen molar-refractivity contribution in [1.29, 1.82) is 0 Å². The molecule has 0 aromatic heterocycles. The molecule has 0 radical (unpaired) electrons. The number of nitro benzene ring substituents is 2. The summed E-state index contributed by atoms with van der Waals surface area (Å²) in [4.78, 5) is 47.3. The minimum Gasteiger partial charge on any atom is -0.452 e. The SMILES string of the molecule is C[C@H]1C[C@H](C)CN(c2ccc(C(=O)OCC(=O)Nc3ccc([N+](=O)[O-])cc3C(F)(F)F)cc2[N+](=O)[O-])C1. The van der Waals surface area contributed by atoms with Crippen molar-refractivity contribution in [3.8, 4) is 0 Å². The second-order valence-corrected chi connectivity index (χ2v) is 8.92. The molecule has 2 atom stereocenters. The number of amides is 1. The Morgan fingerprint density at radius 1 is 1.05 bits per heavy atom. The predicted octanol–water partition coefficient (Wildman–Crippen LogP) is 4.80. The number of piperidine rings is 1. The molecule has 1 aliphatic heterocycles. The lowest BCUT2D eigenvalue weighted by Gasteiger charge is -2.36. The summed E-state index contributed by atoms with van der Waals surface area (Å²) in [6, 6.07) is 5.52. The molecule has 11 nitrogen and oxygen atoms in total. The van der Waals surface area contributed by atoms with E-state index in [1.165, 1.54) is 12.1 Å². The summed E-state index contributed by atoms with van der Waals surface area (Å²) in [5, 5.41) is 24.4. The molecule has 14 heteroatoms. The fourth-order valence-corrected chi connectivity index (χ4v) is 4.31. The van der Waals surface area contributed by atoms with E-state index in [0.717, 1.165) is 18.6 Å². The van der Waals surface area contributed by atoms with Crippen molar-refractivity contribution in [3.05, 3.63) is 67.8 Å². The molecular formula is C23H23F3N4O7. The van der Waals surface area contributed by atoms with Gasteiger partial charge in [0.25, 0.3) is 17.3 Å². The predicted molar refractivity (Wildman–Crippen MR) is 125 cm³/mol. The summed E-state index contributed by atoms with van der Waals surface area (Å²) < 4.78 is 44.6. The Kier molecular flexibility index (Phi) is 7.99. The number of alkyl halides is 3. The van der Waals surface area contributed by atoms with Gasteiger partial charge in [-0.25, -0.2) is 4.79 Å². The van der Waals surface area contributed by atoms with Gasteiger partial charge in [-0.3, -0.25) is 25.0 Å². The van der Waals surface area contributed by atoms with E-state index in [1.54, 1.807) is 0 Å². The third-order valence-electron chi connectivity index (χ3n) is 5.75. The second kappa shape index (κ2) is 10.8. The normalized spacial score (nSPS) is 17.7. The quantitative estimate of drug-likeness (QED) is 0.309. The maximum absolute atomic E-state index is 13.3. The lowest BCUT2D eigenvalue weighted by molar-refractivity contribution is -0.385. The number of nitro groups is 2. The van der Waals surface area contributed by atoms with Crippen molar-refractivity contribution < 1.29 is 37.3 Å². The first-order valence-corrected chi connectivity index (χ1v) is 11.1. The van der Waals surface area contributed by atoms with Gasteiger partial charge in [0.15, 0.2) is 6.61 Å². The van der Waals surface area contributed by atoms with Gasteiger partial charge in [0.1, 0.15) is 5.69 Å². The third-order valence-corrected chi connectivity index (χ3v) is 5.75. The highest BCUT2D eigenvalue weighted by Crippen LogP contribution is 2.37. The molecule has 1 heterocycles. The molecule has 1 N–H and O–H groups in total. The van der Waals surface area contributed by atoms with Crippen molar-refractivity contribution in [1.82, 2.24) is 0 Å². The third kappa shape index (κ3) is 6.71. The van der Waals surface area contributed by atoms with Crippen LogP contribution in [0.3, 0.4) is 0 Å². The molecule has 0 aliphatic carbocycles. The maximum atomic E-state index is 13.3. The second-order valence-electron chi connectivity index (χ2n) is 8.92. The van der Waals surface area contributed by atoms with E-state index < -0.39 is 51.4 Å². The lowest BCUT2D eigenvalue weighted by atomic mass is 9.91. The Bertz CT molecular complexity index is 1230.